The molecule has 0 aliphatic carbocycles. The summed E-state index contributed by atoms with van der Waals surface area (Å²) in [7, 11) is 1.34. The van der Waals surface area contributed by atoms with E-state index in [0.29, 0.717) is 35.3 Å². The number of esters is 1. The Morgan fingerprint density at radius 2 is 2.03 bits per heavy atom. The van der Waals surface area contributed by atoms with E-state index in [1.165, 1.54) is 31.0 Å². The van der Waals surface area contributed by atoms with Crippen LogP contribution in [0.1, 0.15) is 46.3 Å². The van der Waals surface area contributed by atoms with E-state index in [9.17, 15) is 14.0 Å². The van der Waals surface area contributed by atoms with E-state index in [-0.39, 0.29) is 29.4 Å². The molecular formula is C25H26FN3O4S. The van der Waals surface area contributed by atoms with Gasteiger partial charge in [0.2, 0.25) is 0 Å². The van der Waals surface area contributed by atoms with Crippen molar-refractivity contribution in [2.75, 3.05) is 26.0 Å². The number of halogens is 1. The second-order valence-electron chi connectivity index (χ2n) is 8.24. The lowest BCUT2D eigenvalue weighted by Crippen LogP contribution is -2.39. The number of likely N-dealkylation sites (tertiary alicyclic amines) is 1. The van der Waals surface area contributed by atoms with Crippen molar-refractivity contribution in [1.29, 1.82) is 0 Å². The number of ether oxygens (including phenoxy) is 1. The summed E-state index contributed by atoms with van der Waals surface area (Å²) in [5, 5.41) is 0.455. The number of furan rings is 1. The summed E-state index contributed by atoms with van der Waals surface area (Å²) in [4.78, 5) is 35.8. The Bertz CT molecular complexity index is 1200. The van der Waals surface area contributed by atoms with E-state index in [2.05, 4.69) is 4.98 Å². The number of methoxy groups -OCH3 is 1. The molecule has 1 amide bonds. The molecule has 0 bridgehead atoms. The zero-order valence-electron chi connectivity index (χ0n) is 19.3. The van der Waals surface area contributed by atoms with Crippen molar-refractivity contribution in [1.82, 2.24) is 14.9 Å². The third-order valence-electron chi connectivity index (χ3n) is 5.86. The van der Waals surface area contributed by atoms with Crippen LogP contribution in [-0.2, 0) is 9.53 Å². The summed E-state index contributed by atoms with van der Waals surface area (Å²) >= 11 is 1.20. The van der Waals surface area contributed by atoms with Gasteiger partial charge in [0.1, 0.15) is 17.3 Å². The first-order chi connectivity index (χ1) is 16.4. The van der Waals surface area contributed by atoms with Crippen LogP contribution < -0.4 is 0 Å². The molecule has 0 saturated carbocycles. The van der Waals surface area contributed by atoms with Crippen LogP contribution >= 0.6 is 11.8 Å². The van der Waals surface area contributed by atoms with Crippen molar-refractivity contribution in [3.63, 3.8) is 0 Å². The largest absolute Gasteiger partial charge is 0.468 e. The van der Waals surface area contributed by atoms with Gasteiger partial charge in [-0.05, 0) is 50.5 Å². The molecule has 7 nitrogen and oxygen atoms in total. The number of hydrogen-bond acceptors (Lipinski definition) is 7. The summed E-state index contributed by atoms with van der Waals surface area (Å²) in [5.41, 5.74) is 2.95. The van der Waals surface area contributed by atoms with Crippen molar-refractivity contribution in [3.05, 3.63) is 65.1 Å². The number of amides is 1. The van der Waals surface area contributed by atoms with E-state index < -0.39 is 0 Å². The molecule has 0 N–H and O–H groups in total. The second kappa shape index (κ2) is 10.4. The molecule has 1 unspecified atom stereocenters. The van der Waals surface area contributed by atoms with Gasteiger partial charge in [-0.3, -0.25) is 9.59 Å². The average molecular weight is 484 g/mol. The topological polar surface area (TPSA) is 85.5 Å². The van der Waals surface area contributed by atoms with Crippen LogP contribution in [0.4, 0.5) is 4.39 Å². The van der Waals surface area contributed by atoms with Gasteiger partial charge < -0.3 is 14.1 Å². The van der Waals surface area contributed by atoms with Crippen LogP contribution in [0.3, 0.4) is 0 Å². The van der Waals surface area contributed by atoms with Crippen LogP contribution in [0.25, 0.3) is 11.1 Å². The third-order valence-corrected chi connectivity index (χ3v) is 6.70. The highest BCUT2D eigenvalue weighted by molar-refractivity contribution is 7.99. The molecule has 4 rings (SSSR count). The van der Waals surface area contributed by atoms with Gasteiger partial charge in [0.15, 0.2) is 5.16 Å². The first-order valence-corrected chi connectivity index (χ1v) is 12.0. The zero-order valence-corrected chi connectivity index (χ0v) is 20.2. The standard InChI is InChI=1S/C25H26FN3O4S/c1-15-11-20(16(2)33-15)24(31)29-10-4-5-18(13-29)23-21(17-6-8-19(26)9-7-17)12-27-25(28-23)34-14-22(30)32-3/h6-9,11-12,18H,4-5,10,13-14H2,1-3H3. The number of nitrogens with zero attached hydrogens (tertiary/aromatic N) is 3. The number of carbonyl (C=O) groups is 2. The monoisotopic (exact) mass is 483 g/mol. The molecule has 9 heteroatoms. The van der Waals surface area contributed by atoms with Gasteiger partial charge in [-0.1, -0.05) is 23.9 Å². The van der Waals surface area contributed by atoms with Crippen molar-refractivity contribution >= 4 is 23.6 Å². The average Bonchev–Trinajstić information content (AvgIpc) is 3.20. The minimum Gasteiger partial charge on any atom is -0.468 e. The van der Waals surface area contributed by atoms with Crippen molar-refractivity contribution in [3.8, 4) is 11.1 Å². The van der Waals surface area contributed by atoms with Gasteiger partial charge in [-0.15, -0.1) is 0 Å². The number of benzene rings is 1. The number of aryl methyl sites for hydroxylation is 2. The fourth-order valence-electron chi connectivity index (χ4n) is 4.19. The lowest BCUT2D eigenvalue weighted by molar-refractivity contribution is -0.137. The second-order valence-corrected chi connectivity index (χ2v) is 9.18. The Hall–Kier alpha value is -3.20. The SMILES string of the molecule is COC(=O)CSc1ncc(-c2ccc(F)cc2)c(C2CCCN(C(=O)c3cc(C)oc3C)C2)n1. The minimum atomic E-state index is -0.363. The lowest BCUT2D eigenvalue weighted by Gasteiger charge is -2.33. The van der Waals surface area contributed by atoms with E-state index in [1.807, 2.05) is 11.8 Å². The van der Waals surface area contributed by atoms with Crippen LogP contribution in [0, 0.1) is 19.7 Å². The van der Waals surface area contributed by atoms with Gasteiger partial charge in [-0.25, -0.2) is 14.4 Å². The summed E-state index contributed by atoms with van der Waals surface area (Å²) in [6.45, 7) is 4.77. The third kappa shape index (κ3) is 5.30. The Morgan fingerprint density at radius 3 is 2.71 bits per heavy atom. The summed E-state index contributed by atoms with van der Waals surface area (Å²) in [6.07, 6.45) is 3.38. The molecular weight excluding hydrogens is 457 g/mol. The van der Waals surface area contributed by atoms with Gasteiger partial charge in [0, 0.05) is 30.8 Å². The first-order valence-electron chi connectivity index (χ1n) is 11.0. The normalized spacial score (nSPS) is 15.9. The number of aromatic nitrogens is 2. The maximum Gasteiger partial charge on any atom is 0.316 e. The molecule has 2 aromatic heterocycles. The Kier molecular flexibility index (Phi) is 7.31. The molecule has 0 spiro atoms. The molecule has 3 heterocycles. The Morgan fingerprint density at radius 1 is 1.26 bits per heavy atom. The Balaban J connectivity index is 1.65. The predicted molar refractivity (Wildman–Crippen MR) is 126 cm³/mol. The molecule has 1 aliphatic heterocycles. The van der Waals surface area contributed by atoms with Crippen molar-refractivity contribution < 1.29 is 23.1 Å². The summed E-state index contributed by atoms with van der Waals surface area (Å²) in [6, 6.07) is 7.97. The molecule has 3 aromatic rings. The molecule has 34 heavy (non-hydrogen) atoms. The van der Waals surface area contributed by atoms with Crippen LogP contribution in [0.15, 0.2) is 46.1 Å². The summed E-state index contributed by atoms with van der Waals surface area (Å²) < 4.78 is 23.8. The molecule has 1 saturated heterocycles. The zero-order chi connectivity index (χ0) is 24.2. The van der Waals surface area contributed by atoms with E-state index >= 15 is 0 Å². The molecule has 1 atom stereocenters. The molecule has 1 aromatic carbocycles. The number of carbonyl (C=O) groups excluding carboxylic acids is 2. The predicted octanol–water partition coefficient (Wildman–Crippen LogP) is 4.78. The highest BCUT2D eigenvalue weighted by Gasteiger charge is 2.30. The lowest BCUT2D eigenvalue weighted by atomic mass is 9.89. The highest BCUT2D eigenvalue weighted by atomic mass is 32.2. The van der Waals surface area contributed by atoms with E-state index in [1.54, 1.807) is 31.3 Å². The number of rotatable bonds is 6. The minimum absolute atomic E-state index is 0.0356. The quantitative estimate of drug-likeness (QED) is 0.283. The van der Waals surface area contributed by atoms with Crippen molar-refractivity contribution in [2.24, 2.45) is 0 Å². The van der Waals surface area contributed by atoms with Crippen LogP contribution in [-0.4, -0.2) is 52.7 Å². The van der Waals surface area contributed by atoms with Crippen LogP contribution in [0.5, 0.6) is 0 Å². The fraction of sp³-hybridized carbons (Fsp3) is 0.360. The van der Waals surface area contributed by atoms with Crippen LogP contribution in [0.2, 0.25) is 0 Å². The molecule has 1 aliphatic rings. The van der Waals surface area contributed by atoms with E-state index in [0.717, 1.165) is 29.7 Å². The Labute approximate surface area is 201 Å². The van der Waals surface area contributed by atoms with Gasteiger partial charge in [0.25, 0.3) is 5.91 Å². The summed E-state index contributed by atoms with van der Waals surface area (Å²) in [5.74, 6) is 0.634. The highest BCUT2D eigenvalue weighted by Crippen LogP contribution is 2.35. The smallest absolute Gasteiger partial charge is 0.316 e. The van der Waals surface area contributed by atoms with Gasteiger partial charge >= 0.3 is 5.97 Å². The van der Waals surface area contributed by atoms with E-state index in [4.69, 9.17) is 14.1 Å². The molecule has 1 fully saturated rings. The number of hydrogen-bond donors (Lipinski definition) is 0. The fourth-order valence-corrected chi connectivity index (χ4v) is 4.85. The number of piperidine rings is 1. The number of thioether (sulfide) groups is 1. The maximum absolute atomic E-state index is 13.5. The van der Waals surface area contributed by atoms with Crippen molar-refractivity contribution in [2.45, 2.75) is 37.8 Å². The van der Waals surface area contributed by atoms with Gasteiger partial charge in [0.05, 0.1) is 24.1 Å². The van der Waals surface area contributed by atoms with Gasteiger partial charge in [-0.2, -0.15) is 0 Å². The first kappa shape index (κ1) is 23.9. The maximum atomic E-state index is 13.5. The molecule has 178 valence electrons. The molecule has 0 radical (unpaired) electrons.